The van der Waals surface area contributed by atoms with E-state index >= 15 is 0 Å². The summed E-state index contributed by atoms with van der Waals surface area (Å²) in [7, 11) is 0. The van der Waals surface area contributed by atoms with Crippen LogP contribution in [-0.4, -0.2) is 36.5 Å². The maximum Gasteiger partial charge on any atom is 0.219 e. The fraction of sp³-hybridized carbons (Fsp3) is 0.562. The predicted molar refractivity (Wildman–Crippen MR) is 80.8 cm³/mol. The fourth-order valence-electron chi connectivity index (χ4n) is 3.36. The van der Waals surface area contributed by atoms with Gasteiger partial charge in [0.05, 0.1) is 12.6 Å². The summed E-state index contributed by atoms with van der Waals surface area (Å²) in [5.41, 5.74) is 8.02. The van der Waals surface area contributed by atoms with Gasteiger partial charge in [0, 0.05) is 32.0 Å². The van der Waals surface area contributed by atoms with Crippen LogP contribution in [0, 0.1) is 5.92 Å². The molecule has 5 nitrogen and oxygen atoms in total. The highest BCUT2D eigenvalue weighted by molar-refractivity contribution is 5.73. The molecule has 2 heterocycles. The third kappa shape index (κ3) is 2.89. The molecule has 1 aromatic rings. The number of rotatable bonds is 3. The first-order chi connectivity index (χ1) is 10.2. The van der Waals surface area contributed by atoms with E-state index in [2.05, 4.69) is 23.0 Å². The molecule has 114 valence electrons. The summed E-state index contributed by atoms with van der Waals surface area (Å²) < 4.78 is 5.49. The normalized spacial score (nSPS) is 28.3. The summed E-state index contributed by atoms with van der Waals surface area (Å²) in [6.45, 7) is 5.99. The molecule has 5 heteroatoms. The number of amides is 1. The number of hydrogen-bond acceptors (Lipinski definition) is 4. The maximum atomic E-state index is 11.6. The molecule has 0 radical (unpaired) electrons. The largest absolute Gasteiger partial charge is 0.494 e. The van der Waals surface area contributed by atoms with Gasteiger partial charge in [-0.25, -0.2) is 5.43 Å². The van der Waals surface area contributed by atoms with Gasteiger partial charge in [-0.15, -0.1) is 0 Å². The molecular formula is C16H23N3O2. The number of hydrazine groups is 1. The fourth-order valence-corrected chi connectivity index (χ4v) is 3.36. The highest BCUT2D eigenvalue weighted by Crippen LogP contribution is 2.34. The highest BCUT2D eigenvalue weighted by atomic mass is 16.5. The molecule has 1 aromatic carbocycles. The number of likely N-dealkylation sites (tertiary alicyclic amines) is 1. The van der Waals surface area contributed by atoms with Gasteiger partial charge in [-0.3, -0.25) is 10.2 Å². The maximum absolute atomic E-state index is 11.6. The Morgan fingerprint density at radius 1 is 1.33 bits per heavy atom. The Morgan fingerprint density at radius 3 is 2.76 bits per heavy atom. The smallest absolute Gasteiger partial charge is 0.219 e. The van der Waals surface area contributed by atoms with Crippen LogP contribution in [-0.2, 0) is 4.79 Å². The molecular weight excluding hydrogens is 266 g/mol. The lowest BCUT2D eigenvalue weighted by Crippen LogP contribution is -2.47. The van der Waals surface area contributed by atoms with Crippen molar-refractivity contribution in [3.63, 3.8) is 0 Å². The number of ether oxygens (including phenoxy) is 1. The van der Waals surface area contributed by atoms with E-state index in [4.69, 9.17) is 4.74 Å². The lowest BCUT2D eigenvalue weighted by atomic mass is 9.85. The van der Waals surface area contributed by atoms with Crippen LogP contribution in [0.5, 0.6) is 5.75 Å². The molecule has 1 amide bonds. The third-order valence-corrected chi connectivity index (χ3v) is 4.51. The van der Waals surface area contributed by atoms with Gasteiger partial charge < -0.3 is 9.64 Å². The lowest BCUT2D eigenvalue weighted by molar-refractivity contribution is -0.130. The van der Waals surface area contributed by atoms with E-state index in [1.807, 2.05) is 24.0 Å². The van der Waals surface area contributed by atoms with Crippen molar-refractivity contribution >= 4 is 5.91 Å². The molecule has 0 saturated carbocycles. The van der Waals surface area contributed by atoms with Crippen LogP contribution in [0.1, 0.15) is 31.9 Å². The number of fused-ring (bicyclic) bond motifs is 1. The van der Waals surface area contributed by atoms with E-state index < -0.39 is 0 Å². The number of carbonyl (C=O) groups excluding carboxylic acids is 1. The summed E-state index contributed by atoms with van der Waals surface area (Å²) in [6.07, 6.45) is 1.00. The van der Waals surface area contributed by atoms with E-state index in [9.17, 15) is 4.79 Å². The SMILES string of the molecule is CCOc1ccc(C2NNC3CCN(C(C)=O)CC32)cc1. The van der Waals surface area contributed by atoms with Crippen molar-refractivity contribution in [2.75, 3.05) is 19.7 Å². The molecule has 0 spiro atoms. The first-order valence-corrected chi connectivity index (χ1v) is 7.68. The Hall–Kier alpha value is -1.59. The first-order valence-electron chi connectivity index (χ1n) is 7.68. The molecule has 2 fully saturated rings. The first kappa shape index (κ1) is 14.4. The molecule has 2 aliphatic heterocycles. The van der Waals surface area contributed by atoms with Crippen molar-refractivity contribution in [2.45, 2.75) is 32.4 Å². The van der Waals surface area contributed by atoms with Crippen LogP contribution in [0.15, 0.2) is 24.3 Å². The topological polar surface area (TPSA) is 53.6 Å². The van der Waals surface area contributed by atoms with E-state index in [-0.39, 0.29) is 11.9 Å². The van der Waals surface area contributed by atoms with Crippen molar-refractivity contribution in [3.8, 4) is 5.75 Å². The standard InChI is InChI=1S/C16H23N3O2/c1-3-21-13-6-4-12(5-7-13)16-14-10-19(11(2)20)9-8-15(14)17-18-16/h4-7,14-18H,3,8-10H2,1-2H3. The summed E-state index contributed by atoms with van der Waals surface area (Å²) in [4.78, 5) is 13.6. The van der Waals surface area contributed by atoms with Crippen molar-refractivity contribution in [1.82, 2.24) is 15.8 Å². The summed E-state index contributed by atoms with van der Waals surface area (Å²) >= 11 is 0. The number of piperidine rings is 1. The Kier molecular flexibility index (Phi) is 4.12. The Balaban J connectivity index is 1.74. The monoisotopic (exact) mass is 289 g/mol. The molecule has 3 atom stereocenters. The zero-order valence-corrected chi connectivity index (χ0v) is 12.6. The minimum Gasteiger partial charge on any atom is -0.494 e. The van der Waals surface area contributed by atoms with E-state index in [1.165, 1.54) is 5.56 Å². The number of nitrogens with zero attached hydrogens (tertiary/aromatic N) is 1. The van der Waals surface area contributed by atoms with Crippen LogP contribution < -0.4 is 15.6 Å². The molecule has 3 rings (SSSR count). The third-order valence-electron chi connectivity index (χ3n) is 4.51. The molecule has 21 heavy (non-hydrogen) atoms. The summed E-state index contributed by atoms with van der Waals surface area (Å²) in [5, 5.41) is 0. The second-order valence-corrected chi connectivity index (χ2v) is 5.79. The second kappa shape index (κ2) is 6.03. The van der Waals surface area contributed by atoms with E-state index in [0.717, 1.165) is 25.3 Å². The Labute approximate surface area is 125 Å². The van der Waals surface area contributed by atoms with E-state index in [1.54, 1.807) is 6.92 Å². The van der Waals surface area contributed by atoms with Crippen LogP contribution >= 0.6 is 0 Å². The van der Waals surface area contributed by atoms with Gasteiger partial charge in [0.25, 0.3) is 0 Å². The lowest BCUT2D eigenvalue weighted by Gasteiger charge is -2.35. The van der Waals surface area contributed by atoms with Crippen LogP contribution in [0.25, 0.3) is 0 Å². The quantitative estimate of drug-likeness (QED) is 0.885. The zero-order valence-electron chi connectivity index (χ0n) is 12.6. The number of carbonyl (C=O) groups is 1. The summed E-state index contributed by atoms with van der Waals surface area (Å²) in [5.74, 6) is 1.49. The minimum absolute atomic E-state index is 0.172. The molecule has 2 N–H and O–H groups in total. The van der Waals surface area contributed by atoms with Gasteiger partial charge in [-0.2, -0.15) is 0 Å². The van der Waals surface area contributed by atoms with Crippen LogP contribution in [0.4, 0.5) is 0 Å². The number of benzene rings is 1. The highest BCUT2D eigenvalue weighted by Gasteiger charge is 2.40. The second-order valence-electron chi connectivity index (χ2n) is 5.79. The van der Waals surface area contributed by atoms with E-state index in [0.29, 0.717) is 18.6 Å². The molecule has 0 aromatic heterocycles. The van der Waals surface area contributed by atoms with Crippen LogP contribution in [0.3, 0.4) is 0 Å². The van der Waals surface area contributed by atoms with Crippen molar-refractivity contribution in [3.05, 3.63) is 29.8 Å². The minimum atomic E-state index is 0.172. The van der Waals surface area contributed by atoms with Crippen molar-refractivity contribution in [1.29, 1.82) is 0 Å². The Morgan fingerprint density at radius 2 is 2.10 bits per heavy atom. The number of nitrogens with one attached hydrogen (secondary N) is 2. The molecule has 0 bridgehead atoms. The van der Waals surface area contributed by atoms with Gasteiger partial charge >= 0.3 is 0 Å². The molecule has 3 unspecified atom stereocenters. The van der Waals surface area contributed by atoms with Gasteiger partial charge in [0.1, 0.15) is 5.75 Å². The van der Waals surface area contributed by atoms with Gasteiger partial charge in [0.15, 0.2) is 0 Å². The van der Waals surface area contributed by atoms with Gasteiger partial charge in [-0.1, -0.05) is 12.1 Å². The predicted octanol–water partition coefficient (Wildman–Crippen LogP) is 1.47. The average molecular weight is 289 g/mol. The molecule has 2 aliphatic rings. The molecule has 2 saturated heterocycles. The summed E-state index contributed by atoms with van der Waals surface area (Å²) in [6, 6.07) is 8.93. The van der Waals surface area contributed by atoms with Crippen molar-refractivity contribution in [2.24, 2.45) is 5.92 Å². The van der Waals surface area contributed by atoms with Gasteiger partial charge in [-0.05, 0) is 31.0 Å². The Bertz CT molecular complexity index is 503. The van der Waals surface area contributed by atoms with Gasteiger partial charge in [0.2, 0.25) is 5.91 Å². The molecule has 0 aliphatic carbocycles. The number of hydrogen-bond donors (Lipinski definition) is 2. The van der Waals surface area contributed by atoms with Crippen molar-refractivity contribution < 1.29 is 9.53 Å². The average Bonchev–Trinajstić information content (AvgIpc) is 2.91. The van der Waals surface area contributed by atoms with Crippen LogP contribution in [0.2, 0.25) is 0 Å². The zero-order chi connectivity index (χ0) is 14.8.